The maximum atomic E-state index is 12.9. The highest BCUT2D eigenvalue weighted by Gasteiger charge is 2.10. The summed E-state index contributed by atoms with van der Waals surface area (Å²) in [6.45, 7) is 0. The first-order valence-electron chi connectivity index (χ1n) is 6.74. The first-order valence-corrected chi connectivity index (χ1v) is 8.37. The van der Waals surface area contributed by atoms with Crippen molar-refractivity contribution in [3.63, 3.8) is 0 Å². The lowest BCUT2D eigenvalue weighted by atomic mass is 10.2. The Morgan fingerprint density at radius 2 is 1.96 bits per heavy atom. The summed E-state index contributed by atoms with van der Waals surface area (Å²) in [5, 5.41) is 19.3. The molecular weight excluding hydrogens is 351 g/mol. The van der Waals surface area contributed by atoms with E-state index < -0.39 is 5.97 Å². The average Bonchev–Trinajstić information content (AvgIpc) is 3.02. The van der Waals surface area contributed by atoms with Crippen LogP contribution in [0, 0.1) is 5.82 Å². The van der Waals surface area contributed by atoms with Crippen LogP contribution >= 0.6 is 23.3 Å². The molecule has 1 heterocycles. The minimum absolute atomic E-state index is 0.151. The number of carbonyl (C=O) groups is 1. The number of carboxylic acid groups (broad SMARTS) is 1. The molecule has 122 valence electrons. The topological polar surface area (TPSA) is 82.5 Å². The largest absolute Gasteiger partial charge is 0.507 e. The number of rotatable bonds is 5. The second kappa shape index (κ2) is 6.90. The molecule has 0 saturated carbocycles. The Hall–Kier alpha value is -2.58. The van der Waals surface area contributed by atoms with Gasteiger partial charge in [-0.3, -0.25) is 0 Å². The Labute approximate surface area is 144 Å². The standard InChI is InChI=1S/C16H11FN2O3S2/c17-10-3-1-9(2-4-10)15-18-8-14(23-15)24-19-11-5-6-12(16(21)22)13(20)7-11/h1-8,19-20H,(H,21,22). The Bertz CT molecular complexity index is 881. The number of nitrogens with one attached hydrogen (secondary N) is 1. The fourth-order valence-corrected chi connectivity index (χ4v) is 3.55. The molecule has 0 unspecified atom stereocenters. The zero-order chi connectivity index (χ0) is 17.1. The van der Waals surface area contributed by atoms with E-state index in [-0.39, 0.29) is 17.1 Å². The van der Waals surface area contributed by atoms with E-state index in [1.807, 2.05) is 0 Å². The highest BCUT2D eigenvalue weighted by molar-refractivity contribution is 8.02. The number of anilines is 1. The van der Waals surface area contributed by atoms with E-state index in [0.717, 1.165) is 14.8 Å². The number of nitrogens with zero attached hydrogens (tertiary/aromatic N) is 1. The van der Waals surface area contributed by atoms with Gasteiger partial charge in [-0.25, -0.2) is 14.2 Å². The fraction of sp³-hybridized carbons (Fsp3) is 0. The highest BCUT2D eigenvalue weighted by Crippen LogP contribution is 2.33. The van der Waals surface area contributed by atoms with Gasteiger partial charge in [0.15, 0.2) is 0 Å². The molecule has 0 bridgehead atoms. The number of hydrogen-bond acceptors (Lipinski definition) is 6. The Balaban J connectivity index is 1.68. The van der Waals surface area contributed by atoms with E-state index in [4.69, 9.17) is 5.11 Å². The molecule has 0 aliphatic heterocycles. The molecule has 0 saturated heterocycles. The number of hydrogen-bond donors (Lipinski definition) is 3. The first-order chi connectivity index (χ1) is 11.5. The minimum atomic E-state index is -1.18. The molecule has 0 aliphatic carbocycles. The third-order valence-corrected chi connectivity index (χ3v) is 5.06. The van der Waals surface area contributed by atoms with E-state index in [0.29, 0.717) is 5.69 Å². The molecule has 3 aromatic rings. The molecule has 2 aromatic carbocycles. The van der Waals surface area contributed by atoms with Crippen molar-refractivity contribution in [2.75, 3.05) is 4.72 Å². The van der Waals surface area contributed by atoms with E-state index in [1.165, 1.54) is 47.6 Å². The van der Waals surface area contributed by atoms with Gasteiger partial charge in [0.2, 0.25) is 0 Å². The van der Waals surface area contributed by atoms with Crippen LogP contribution in [0.15, 0.2) is 52.9 Å². The van der Waals surface area contributed by atoms with Gasteiger partial charge in [0, 0.05) is 17.3 Å². The summed E-state index contributed by atoms with van der Waals surface area (Å²) in [5.74, 6) is -1.78. The molecule has 3 N–H and O–H groups in total. The maximum absolute atomic E-state index is 12.9. The summed E-state index contributed by atoms with van der Waals surface area (Å²) < 4.78 is 16.8. The van der Waals surface area contributed by atoms with Crippen molar-refractivity contribution in [2.24, 2.45) is 0 Å². The smallest absolute Gasteiger partial charge is 0.339 e. The highest BCUT2D eigenvalue weighted by atomic mass is 32.2. The molecule has 5 nitrogen and oxygen atoms in total. The monoisotopic (exact) mass is 362 g/mol. The predicted octanol–water partition coefficient (Wildman–Crippen LogP) is 4.47. The van der Waals surface area contributed by atoms with Crippen molar-refractivity contribution < 1.29 is 19.4 Å². The van der Waals surface area contributed by atoms with E-state index in [2.05, 4.69) is 9.71 Å². The van der Waals surface area contributed by atoms with E-state index in [9.17, 15) is 14.3 Å². The molecule has 0 fully saturated rings. The average molecular weight is 362 g/mol. The third-order valence-electron chi connectivity index (χ3n) is 3.07. The molecule has 1 aromatic heterocycles. The number of aromatic carboxylic acids is 1. The first kappa shape index (κ1) is 16.3. The lowest BCUT2D eigenvalue weighted by Crippen LogP contribution is -1.97. The molecule has 24 heavy (non-hydrogen) atoms. The molecule has 8 heteroatoms. The minimum Gasteiger partial charge on any atom is -0.507 e. The molecule has 0 atom stereocenters. The van der Waals surface area contributed by atoms with E-state index in [1.54, 1.807) is 24.4 Å². The van der Waals surface area contributed by atoms with Gasteiger partial charge in [0.25, 0.3) is 0 Å². The second-order valence-electron chi connectivity index (χ2n) is 4.73. The van der Waals surface area contributed by atoms with Gasteiger partial charge in [-0.2, -0.15) is 0 Å². The predicted molar refractivity (Wildman–Crippen MR) is 92.1 cm³/mol. The zero-order valence-electron chi connectivity index (χ0n) is 12.1. The van der Waals surface area contributed by atoms with Crippen molar-refractivity contribution in [1.29, 1.82) is 0 Å². The number of halogens is 1. The van der Waals surface area contributed by atoms with Crippen LogP contribution in [0.4, 0.5) is 10.1 Å². The number of aromatic nitrogens is 1. The number of thiazole rings is 1. The third kappa shape index (κ3) is 3.66. The SMILES string of the molecule is O=C(O)c1ccc(NSc2cnc(-c3ccc(F)cc3)s2)cc1O. The fourth-order valence-electron chi connectivity index (χ4n) is 1.92. The number of benzene rings is 2. The summed E-state index contributed by atoms with van der Waals surface area (Å²) in [7, 11) is 0. The lowest BCUT2D eigenvalue weighted by molar-refractivity contribution is 0.0694. The summed E-state index contributed by atoms with van der Waals surface area (Å²) in [6.07, 6.45) is 1.69. The van der Waals surface area contributed by atoms with E-state index >= 15 is 0 Å². The van der Waals surface area contributed by atoms with Gasteiger partial charge in [0.1, 0.15) is 26.3 Å². The maximum Gasteiger partial charge on any atom is 0.339 e. The van der Waals surface area contributed by atoms with Crippen LogP contribution in [0.3, 0.4) is 0 Å². The van der Waals surface area contributed by atoms with Gasteiger partial charge in [-0.1, -0.05) is 0 Å². The van der Waals surface area contributed by atoms with Crippen LogP contribution in [0.1, 0.15) is 10.4 Å². The Kier molecular flexibility index (Phi) is 4.68. The summed E-state index contributed by atoms with van der Waals surface area (Å²) >= 11 is 2.72. The van der Waals surface area contributed by atoms with Gasteiger partial charge in [-0.15, -0.1) is 11.3 Å². The van der Waals surface area contributed by atoms with Crippen LogP contribution in [-0.2, 0) is 0 Å². The van der Waals surface area contributed by atoms with Crippen LogP contribution in [0.25, 0.3) is 10.6 Å². The van der Waals surface area contributed by atoms with Crippen LogP contribution in [0.5, 0.6) is 5.75 Å². The second-order valence-corrected chi connectivity index (χ2v) is 6.87. The molecular formula is C16H11FN2O3S2. The van der Waals surface area contributed by atoms with Crippen molar-refractivity contribution in [2.45, 2.75) is 4.21 Å². The van der Waals surface area contributed by atoms with Crippen LogP contribution < -0.4 is 4.72 Å². The zero-order valence-corrected chi connectivity index (χ0v) is 13.7. The number of aromatic hydroxyl groups is 1. The van der Waals surface area contributed by atoms with Gasteiger partial charge >= 0.3 is 5.97 Å². The summed E-state index contributed by atoms with van der Waals surface area (Å²) in [5.41, 5.74) is 1.25. The summed E-state index contributed by atoms with van der Waals surface area (Å²) in [4.78, 5) is 15.1. The Morgan fingerprint density at radius 1 is 1.21 bits per heavy atom. The molecule has 0 amide bonds. The normalized spacial score (nSPS) is 10.5. The lowest BCUT2D eigenvalue weighted by Gasteiger charge is -2.05. The number of phenols is 1. The van der Waals surface area contributed by atoms with Gasteiger partial charge < -0.3 is 14.9 Å². The molecule has 0 aliphatic rings. The molecule has 0 spiro atoms. The van der Waals surface area contributed by atoms with Gasteiger partial charge in [0.05, 0.1) is 6.20 Å². The van der Waals surface area contributed by atoms with Crippen LogP contribution in [-0.4, -0.2) is 21.2 Å². The molecule has 0 radical (unpaired) electrons. The van der Waals surface area contributed by atoms with Crippen molar-refractivity contribution >= 4 is 34.9 Å². The summed E-state index contributed by atoms with van der Waals surface area (Å²) in [6, 6.07) is 10.3. The van der Waals surface area contributed by atoms with Gasteiger partial charge in [-0.05, 0) is 48.3 Å². The van der Waals surface area contributed by atoms with Crippen molar-refractivity contribution in [1.82, 2.24) is 4.98 Å². The Morgan fingerprint density at radius 3 is 2.62 bits per heavy atom. The van der Waals surface area contributed by atoms with Crippen LogP contribution in [0.2, 0.25) is 0 Å². The van der Waals surface area contributed by atoms with Crippen molar-refractivity contribution in [3.05, 3.63) is 60.0 Å². The quantitative estimate of drug-likeness (QED) is 0.581. The van der Waals surface area contributed by atoms with Crippen molar-refractivity contribution in [3.8, 4) is 16.3 Å². The molecule has 3 rings (SSSR count). The number of carboxylic acids is 1.